The highest BCUT2D eigenvalue weighted by Gasteiger charge is 2.41. The molecule has 2 aliphatic carbocycles. The number of hydrogen-bond donors (Lipinski definition) is 0. The van der Waals surface area contributed by atoms with Crippen molar-refractivity contribution in [2.45, 2.75) is 44.4 Å². The van der Waals surface area contributed by atoms with E-state index in [0.29, 0.717) is 28.6 Å². The summed E-state index contributed by atoms with van der Waals surface area (Å²) in [6, 6.07) is 45.0. The first-order valence-electron chi connectivity index (χ1n) is 17.1. The van der Waals surface area contributed by atoms with Crippen LogP contribution in [0.1, 0.15) is 55.7 Å². The van der Waals surface area contributed by atoms with Crippen LogP contribution in [0.2, 0.25) is 0 Å². The van der Waals surface area contributed by atoms with Crippen molar-refractivity contribution in [1.82, 2.24) is 15.0 Å². The maximum atomic E-state index is 9.62. The average Bonchev–Trinajstić information content (AvgIpc) is 3.52. The Hall–Kier alpha value is -5.91. The van der Waals surface area contributed by atoms with Crippen molar-refractivity contribution < 1.29 is 0 Å². The van der Waals surface area contributed by atoms with Crippen LogP contribution >= 0.6 is 0 Å². The molecular formula is C44H35N5. The summed E-state index contributed by atoms with van der Waals surface area (Å²) in [4.78, 5) is 14.8. The molecule has 5 nitrogen and oxygen atoms in total. The average molecular weight is 634 g/mol. The third-order valence-corrected chi connectivity index (χ3v) is 10.6. The molecule has 2 bridgehead atoms. The minimum absolute atomic E-state index is 0.269. The number of hydrogen-bond acceptors (Lipinski definition) is 5. The summed E-state index contributed by atoms with van der Waals surface area (Å²) in [6.07, 6.45) is 6.83. The number of rotatable bonds is 6. The molecule has 2 aliphatic rings. The van der Waals surface area contributed by atoms with Gasteiger partial charge in [0.1, 0.15) is 0 Å². The first-order chi connectivity index (χ1) is 24.0. The monoisotopic (exact) mass is 633 g/mol. The molecule has 5 aromatic carbocycles. The number of nitrogens with zero attached hydrogens (tertiary/aromatic N) is 5. The molecule has 3 atom stereocenters. The summed E-state index contributed by atoms with van der Waals surface area (Å²) in [7, 11) is 0. The van der Waals surface area contributed by atoms with E-state index in [4.69, 9.17) is 15.0 Å². The van der Waals surface area contributed by atoms with Crippen LogP contribution in [0.25, 0.3) is 56.4 Å². The molecule has 0 radical (unpaired) electrons. The third-order valence-electron chi connectivity index (χ3n) is 10.6. The number of fused-ring (bicyclic) bond motifs is 2. The summed E-state index contributed by atoms with van der Waals surface area (Å²) in [5.41, 5.74) is 9.60. The van der Waals surface area contributed by atoms with Crippen LogP contribution in [0.5, 0.6) is 0 Å². The molecule has 6 aromatic rings. The largest absolute Gasteiger partial charge is 0.208 e. The first-order valence-corrected chi connectivity index (χ1v) is 17.1. The van der Waals surface area contributed by atoms with Crippen molar-refractivity contribution in [1.29, 1.82) is 10.5 Å². The van der Waals surface area contributed by atoms with E-state index in [0.717, 1.165) is 45.2 Å². The number of benzene rings is 5. The quantitative estimate of drug-likeness (QED) is 0.182. The minimum atomic E-state index is 0.269. The molecule has 2 fully saturated rings. The summed E-state index contributed by atoms with van der Waals surface area (Å²) < 4.78 is 0. The van der Waals surface area contributed by atoms with Crippen molar-refractivity contribution in [2.24, 2.45) is 11.8 Å². The summed E-state index contributed by atoms with van der Waals surface area (Å²) in [5.74, 6) is 3.43. The second-order valence-corrected chi connectivity index (χ2v) is 13.9. The summed E-state index contributed by atoms with van der Waals surface area (Å²) >= 11 is 0. The fraction of sp³-hybridized carbons (Fsp3) is 0.205. The molecule has 236 valence electrons. The Labute approximate surface area is 287 Å². The van der Waals surface area contributed by atoms with Crippen LogP contribution in [0, 0.1) is 34.5 Å². The Bertz CT molecular complexity index is 2230. The molecule has 1 heterocycles. The van der Waals surface area contributed by atoms with Gasteiger partial charge in [0.05, 0.1) is 23.3 Å². The van der Waals surface area contributed by atoms with E-state index in [-0.39, 0.29) is 5.41 Å². The van der Waals surface area contributed by atoms with Crippen LogP contribution < -0.4 is 0 Å². The molecule has 49 heavy (non-hydrogen) atoms. The predicted octanol–water partition coefficient (Wildman–Crippen LogP) is 10.4. The zero-order chi connectivity index (χ0) is 33.4. The van der Waals surface area contributed by atoms with Gasteiger partial charge in [-0.3, -0.25) is 0 Å². The second kappa shape index (κ2) is 12.6. The lowest BCUT2D eigenvalue weighted by Gasteiger charge is -2.38. The highest BCUT2D eigenvalue weighted by Crippen LogP contribution is 2.51. The Balaban J connectivity index is 1.15. The molecule has 0 saturated heterocycles. The minimum Gasteiger partial charge on any atom is -0.208 e. The highest BCUT2D eigenvalue weighted by molar-refractivity contribution is 5.75. The van der Waals surface area contributed by atoms with Crippen LogP contribution in [0.4, 0.5) is 0 Å². The van der Waals surface area contributed by atoms with Crippen LogP contribution in [0.3, 0.4) is 0 Å². The highest BCUT2D eigenvalue weighted by atomic mass is 15.0. The molecule has 0 N–H and O–H groups in total. The van der Waals surface area contributed by atoms with Gasteiger partial charge in [0.15, 0.2) is 17.5 Å². The molecule has 1 unspecified atom stereocenters. The van der Waals surface area contributed by atoms with Gasteiger partial charge in [-0.2, -0.15) is 10.5 Å². The van der Waals surface area contributed by atoms with Gasteiger partial charge < -0.3 is 0 Å². The van der Waals surface area contributed by atoms with E-state index in [1.165, 1.54) is 43.2 Å². The SMILES string of the molecule is CC1(c2ccc(-c3cccc(-c4nc(-c5ccc(C#N)cc5)nc(-c5ccc(-c6ccccc6C#N)cc5)n4)c3)cc2)C[C@@H]2CC[C@@H](C2)C1. The predicted molar refractivity (Wildman–Crippen MR) is 194 cm³/mol. The van der Waals surface area contributed by atoms with E-state index in [9.17, 15) is 10.5 Å². The van der Waals surface area contributed by atoms with Crippen LogP contribution in [-0.2, 0) is 5.41 Å². The van der Waals surface area contributed by atoms with Gasteiger partial charge >= 0.3 is 0 Å². The van der Waals surface area contributed by atoms with Crippen LogP contribution in [-0.4, -0.2) is 15.0 Å². The van der Waals surface area contributed by atoms with Crippen molar-refractivity contribution in [2.75, 3.05) is 0 Å². The van der Waals surface area contributed by atoms with Gasteiger partial charge in [-0.1, -0.05) is 105 Å². The normalized spacial score (nSPS) is 19.6. The number of aromatic nitrogens is 3. The van der Waals surface area contributed by atoms with E-state index in [1.54, 1.807) is 12.1 Å². The molecule has 2 saturated carbocycles. The maximum absolute atomic E-state index is 9.62. The molecule has 8 rings (SSSR count). The Kier molecular flexibility index (Phi) is 7.83. The fourth-order valence-electron chi connectivity index (χ4n) is 8.13. The zero-order valence-corrected chi connectivity index (χ0v) is 27.5. The molecule has 5 heteroatoms. The smallest absolute Gasteiger partial charge is 0.164 e. The third kappa shape index (κ3) is 6.01. The fourth-order valence-corrected chi connectivity index (χ4v) is 8.13. The van der Waals surface area contributed by atoms with Crippen molar-refractivity contribution in [3.8, 4) is 68.6 Å². The Morgan fingerprint density at radius 1 is 0.551 bits per heavy atom. The maximum Gasteiger partial charge on any atom is 0.164 e. The first kappa shape index (κ1) is 30.4. The van der Waals surface area contributed by atoms with E-state index in [2.05, 4.69) is 61.5 Å². The van der Waals surface area contributed by atoms with Crippen molar-refractivity contribution >= 4 is 0 Å². The summed E-state index contributed by atoms with van der Waals surface area (Å²) in [5, 5.41) is 19.0. The lowest BCUT2D eigenvalue weighted by molar-refractivity contribution is 0.232. The Morgan fingerprint density at radius 2 is 1.10 bits per heavy atom. The summed E-state index contributed by atoms with van der Waals surface area (Å²) in [6.45, 7) is 2.47. The van der Waals surface area contributed by atoms with Gasteiger partial charge in [-0.15, -0.1) is 0 Å². The Morgan fingerprint density at radius 3 is 1.73 bits per heavy atom. The standard InChI is InChI=1S/C44H35N5/c1-44(25-30-9-10-31(23-30)26-44)39-21-19-32(20-22-39)36-6-4-7-37(24-36)43-48-41(34-13-11-29(27-45)12-14-34)47-42(49-43)35-17-15-33(16-18-35)40-8-3-2-5-38(40)28-46/h2-8,11-22,24,30-31H,9-10,23,25-26H2,1H3/t30-,31+,44?. The second-order valence-electron chi connectivity index (χ2n) is 13.9. The van der Waals surface area contributed by atoms with Gasteiger partial charge in [-0.25, -0.2) is 15.0 Å². The molecule has 1 aromatic heterocycles. The van der Waals surface area contributed by atoms with Crippen molar-refractivity contribution in [3.63, 3.8) is 0 Å². The zero-order valence-electron chi connectivity index (χ0n) is 27.5. The van der Waals surface area contributed by atoms with E-state index in [1.807, 2.05) is 66.7 Å². The van der Waals surface area contributed by atoms with Gasteiger partial charge in [0, 0.05) is 16.7 Å². The topological polar surface area (TPSA) is 86.2 Å². The van der Waals surface area contributed by atoms with Gasteiger partial charge in [0.25, 0.3) is 0 Å². The van der Waals surface area contributed by atoms with Gasteiger partial charge in [-0.05, 0) is 101 Å². The van der Waals surface area contributed by atoms with E-state index < -0.39 is 0 Å². The molecular weight excluding hydrogens is 599 g/mol. The molecule has 0 spiro atoms. The number of nitriles is 2. The van der Waals surface area contributed by atoms with Crippen molar-refractivity contribution in [3.05, 3.63) is 138 Å². The lowest BCUT2D eigenvalue weighted by atomic mass is 9.66. The van der Waals surface area contributed by atoms with Gasteiger partial charge in [0.2, 0.25) is 0 Å². The molecule has 0 amide bonds. The lowest BCUT2D eigenvalue weighted by Crippen LogP contribution is -2.30. The molecule has 0 aliphatic heterocycles. The van der Waals surface area contributed by atoms with E-state index >= 15 is 0 Å². The van der Waals surface area contributed by atoms with Crippen LogP contribution in [0.15, 0.2) is 121 Å².